The third-order valence-corrected chi connectivity index (χ3v) is 6.34. The first-order valence-corrected chi connectivity index (χ1v) is 12.3. The zero-order chi connectivity index (χ0) is 25.5. The molecule has 0 radical (unpaired) electrons. The van der Waals surface area contributed by atoms with Crippen molar-refractivity contribution in [1.82, 2.24) is 0 Å². The number of rotatable bonds is 9. The minimum atomic E-state index is -0.827. The first-order chi connectivity index (χ1) is 17.4. The number of para-hydroxylation sites is 1. The highest BCUT2D eigenvalue weighted by atomic mass is 35.5. The molecule has 188 valence electrons. The van der Waals surface area contributed by atoms with E-state index in [-0.39, 0.29) is 18.1 Å². The molecule has 0 aromatic heterocycles. The molecule has 2 N–H and O–H groups in total. The Balaban J connectivity index is 1.46. The van der Waals surface area contributed by atoms with Crippen molar-refractivity contribution in [2.24, 2.45) is 5.92 Å². The van der Waals surface area contributed by atoms with E-state index in [4.69, 9.17) is 42.5 Å². The molecular weight excluding hydrogens is 503 g/mol. The molecule has 1 fully saturated rings. The molecule has 3 aromatic rings. The Morgan fingerprint density at radius 1 is 1.06 bits per heavy atom. The number of carbonyl (C=O) groups is 1. The van der Waals surface area contributed by atoms with Gasteiger partial charge in [-0.15, -0.1) is 0 Å². The van der Waals surface area contributed by atoms with Crippen LogP contribution in [0.5, 0.6) is 17.2 Å². The molecule has 0 aliphatic carbocycles. The molecule has 36 heavy (non-hydrogen) atoms. The summed E-state index contributed by atoms with van der Waals surface area (Å²) in [4.78, 5) is 10.7. The van der Waals surface area contributed by atoms with Crippen LogP contribution in [-0.2, 0) is 14.3 Å². The van der Waals surface area contributed by atoms with E-state index in [1.165, 1.54) is 0 Å². The number of allylic oxidation sites excluding steroid dienone is 2. The minimum absolute atomic E-state index is 0.0507. The number of benzene rings is 3. The zero-order valence-corrected chi connectivity index (χ0v) is 20.9. The van der Waals surface area contributed by atoms with Gasteiger partial charge in [0.05, 0.1) is 17.7 Å². The van der Waals surface area contributed by atoms with Gasteiger partial charge in [0.25, 0.3) is 0 Å². The van der Waals surface area contributed by atoms with Crippen molar-refractivity contribution in [3.63, 3.8) is 0 Å². The maximum Gasteiger partial charge on any atom is 0.303 e. The van der Waals surface area contributed by atoms with Crippen LogP contribution in [0.25, 0.3) is 0 Å². The van der Waals surface area contributed by atoms with E-state index in [0.717, 1.165) is 5.56 Å². The summed E-state index contributed by atoms with van der Waals surface area (Å²) in [6.07, 6.45) is 3.94. The van der Waals surface area contributed by atoms with Crippen molar-refractivity contribution >= 4 is 29.2 Å². The number of carboxylic acid groups (broad SMARTS) is 1. The molecule has 0 spiro atoms. The summed E-state index contributed by atoms with van der Waals surface area (Å²) >= 11 is 12.1. The lowest BCUT2D eigenvalue weighted by Gasteiger charge is -2.37. The number of hydrogen-bond donors (Lipinski definition) is 2. The molecule has 0 unspecified atom stereocenters. The number of halogens is 2. The highest BCUT2D eigenvalue weighted by molar-refractivity contribution is 6.35. The quantitative estimate of drug-likeness (QED) is 0.276. The minimum Gasteiger partial charge on any atom is -0.508 e. The summed E-state index contributed by atoms with van der Waals surface area (Å²) in [7, 11) is 0. The van der Waals surface area contributed by atoms with Gasteiger partial charge in [0, 0.05) is 28.5 Å². The van der Waals surface area contributed by atoms with Crippen LogP contribution in [0.15, 0.2) is 78.9 Å². The highest BCUT2D eigenvalue weighted by Gasteiger charge is 2.34. The summed E-state index contributed by atoms with van der Waals surface area (Å²) < 4.78 is 18.3. The lowest BCUT2D eigenvalue weighted by molar-refractivity contribution is -0.244. The van der Waals surface area contributed by atoms with Gasteiger partial charge in [0.15, 0.2) is 6.29 Å². The second kappa shape index (κ2) is 12.3. The Bertz CT molecular complexity index is 1210. The van der Waals surface area contributed by atoms with Gasteiger partial charge in [-0.3, -0.25) is 4.79 Å². The van der Waals surface area contributed by atoms with Gasteiger partial charge in [0.2, 0.25) is 0 Å². The van der Waals surface area contributed by atoms with E-state index in [1.54, 1.807) is 42.5 Å². The number of hydrogen-bond acceptors (Lipinski definition) is 5. The van der Waals surface area contributed by atoms with Gasteiger partial charge in [-0.2, -0.15) is 0 Å². The monoisotopic (exact) mass is 528 g/mol. The fourth-order valence-electron chi connectivity index (χ4n) is 3.98. The zero-order valence-electron chi connectivity index (χ0n) is 19.3. The van der Waals surface area contributed by atoms with Gasteiger partial charge in [-0.05, 0) is 49.2 Å². The van der Waals surface area contributed by atoms with E-state index in [9.17, 15) is 9.90 Å². The predicted molar refractivity (Wildman–Crippen MR) is 138 cm³/mol. The maximum absolute atomic E-state index is 10.7. The first kappa shape index (κ1) is 26.0. The van der Waals surface area contributed by atoms with Crippen LogP contribution in [0.1, 0.15) is 42.8 Å². The largest absolute Gasteiger partial charge is 0.508 e. The van der Waals surface area contributed by atoms with Crippen molar-refractivity contribution in [3.05, 3.63) is 100 Å². The van der Waals surface area contributed by atoms with E-state index in [2.05, 4.69) is 0 Å². The Morgan fingerprint density at radius 3 is 2.56 bits per heavy atom. The van der Waals surface area contributed by atoms with Crippen LogP contribution in [-0.4, -0.2) is 22.8 Å². The molecule has 8 heteroatoms. The fraction of sp³-hybridized carbons (Fsp3) is 0.250. The van der Waals surface area contributed by atoms with Crippen LogP contribution in [0, 0.1) is 5.92 Å². The lowest BCUT2D eigenvalue weighted by atomic mass is 9.91. The van der Waals surface area contributed by atoms with E-state index < -0.39 is 18.4 Å². The molecule has 0 saturated carbocycles. The third kappa shape index (κ3) is 6.80. The molecule has 0 bridgehead atoms. The van der Waals surface area contributed by atoms with Crippen molar-refractivity contribution in [1.29, 1.82) is 0 Å². The lowest BCUT2D eigenvalue weighted by Crippen LogP contribution is -2.30. The van der Waals surface area contributed by atoms with Crippen molar-refractivity contribution < 1.29 is 29.2 Å². The van der Waals surface area contributed by atoms with Gasteiger partial charge < -0.3 is 24.4 Å². The van der Waals surface area contributed by atoms with Crippen LogP contribution in [0.2, 0.25) is 10.0 Å². The smallest absolute Gasteiger partial charge is 0.303 e. The highest BCUT2D eigenvalue weighted by Crippen LogP contribution is 2.43. The molecule has 3 atom stereocenters. The van der Waals surface area contributed by atoms with Gasteiger partial charge in [-0.25, -0.2) is 0 Å². The van der Waals surface area contributed by atoms with Gasteiger partial charge >= 0.3 is 5.97 Å². The van der Waals surface area contributed by atoms with Crippen LogP contribution >= 0.6 is 23.2 Å². The number of phenols is 1. The number of aromatic hydroxyl groups is 1. The summed E-state index contributed by atoms with van der Waals surface area (Å²) in [5.74, 6) is 0.377. The normalized spacial score (nSPS) is 19.9. The molecule has 0 amide bonds. The SMILES string of the molecule is O=C(O)CC/C=C\C[C@@H]1CO[C@H](c2ccc(Oc3ccc(Cl)cc3Cl)cc2)O[C@@H]1c1ccccc1O. The standard InChI is InChI=1S/C28H26Cl2O6/c29-20-12-15-25(23(30)16-20)35-21-13-10-18(11-14-21)28-34-17-19(6-2-1-3-9-26(32)33)27(36-28)22-7-4-5-8-24(22)31/h1-2,4-5,7-8,10-16,19,27-28,31H,3,6,9,17H2,(H,32,33)/b2-1-/t19-,27+,28+/m1/s1. The number of aliphatic carboxylic acids is 1. The Kier molecular flexibility index (Phi) is 8.88. The van der Waals surface area contributed by atoms with Crippen molar-refractivity contribution in [2.45, 2.75) is 31.7 Å². The summed E-state index contributed by atoms with van der Waals surface area (Å²) in [6.45, 7) is 0.408. The van der Waals surface area contributed by atoms with Crippen LogP contribution in [0.3, 0.4) is 0 Å². The second-order valence-electron chi connectivity index (χ2n) is 8.43. The molecule has 3 aromatic carbocycles. The summed E-state index contributed by atoms with van der Waals surface area (Å²) in [5, 5.41) is 20.2. The number of carboxylic acids is 1. The molecule has 6 nitrogen and oxygen atoms in total. The Labute approximate surface area is 219 Å². The third-order valence-electron chi connectivity index (χ3n) is 5.81. The number of phenolic OH excluding ortho intramolecular Hbond substituents is 1. The Hall–Kier alpha value is -3.03. The molecule has 1 saturated heterocycles. The predicted octanol–water partition coefficient (Wildman–Crippen LogP) is 7.71. The fourth-order valence-corrected chi connectivity index (χ4v) is 4.42. The molecule has 1 aliphatic heterocycles. The molecule has 4 rings (SSSR count). The van der Waals surface area contributed by atoms with Gasteiger partial charge in [-0.1, -0.05) is 65.7 Å². The topological polar surface area (TPSA) is 85.2 Å². The summed E-state index contributed by atoms with van der Waals surface area (Å²) in [5.41, 5.74) is 1.49. The maximum atomic E-state index is 10.7. The molecule has 1 heterocycles. The van der Waals surface area contributed by atoms with Crippen LogP contribution < -0.4 is 4.74 Å². The van der Waals surface area contributed by atoms with E-state index >= 15 is 0 Å². The van der Waals surface area contributed by atoms with Crippen molar-refractivity contribution in [2.75, 3.05) is 6.61 Å². The first-order valence-electron chi connectivity index (χ1n) is 11.6. The molecule has 1 aliphatic rings. The van der Waals surface area contributed by atoms with Gasteiger partial charge in [0.1, 0.15) is 17.2 Å². The summed E-state index contributed by atoms with van der Waals surface area (Å²) in [6, 6.07) is 19.5. The van der Waals surface area contributed by atoms with E-state index in [1.807, 2.05) is 36.4 Å². The number of ether oxygens (including phenoxy) is 3. The van der Waals surface area contributed by atoms with Crippen molar-refractivity contribution in [3.8, 4) is 17.2 Å². The van der Waals surface area contributed by atoms with E-state index in [0.29, 0.717) is 46.6 Å². The molecular formula is C28H26Cl2O6. The average molecular weight is 529 g/mol. The average Bonchev–Trinajstić information content (AvgIpc) is 2.86. The second-order valence-corrected chi connectivity index (χ2v) is 9.27. The Morgan fingerprint density at radius 2 is 1.83 bits per heavy atom. The van der Waals surface area contributed by atoms with Crippen LogP contribution in [0.4, 0.5) is 0 Å².